The number of non-ortho nitro benzene ring substituents is 1. The molecule has 0 amide bonds. The van der Waals surface area contributed by atoms with Gasteiger partial charge in [0.1, 0.15) is 0 Å². The number of nitrogens with one attached hydrogen (secondary N) is 1. The van der Waals surface area contributed by atoms with E-state index in [9.17, 15) is 28.1 Å². The number of alkyl halides is 3. The quantitative estimate of drug-likeness (QED) is 0.674. The summed E-state index contributed by atoms with van der Waals surface area (Å²) in [7, 11) is 0. The molecule has 1 aromatic carbocycles. The fraction of sp³-hybridized carbons (Fsp3) is 0.357. The Morgan fingerprint density at radius 1 is 1.14 bits per heavy atom. The number of anilines is 1. The van der Waals surface area contributed by atoms with E-state index in [0.29, 0.717) is 24.9 Å². The molecule has 0 saturated heterocycles. The van der Waals surface area contributed by atoms with Crippen molar-refractivity contribution < 1.29 is 22.9 Å². The summed E-state index contributed by atoms with van der Waals surface area (Å²) in [6.45, 7) is 0. The zero-order chi connectivity index (χ0) is 16.3. The standard InChI is InChI=1S/C14H13F3N2O3/c15-14(16,17)13(20)11-3-1-2-4-12(11)18-9-5-7-10(8-6-9)19(21)22/h5-8,18H,1-4H2. The van der Waals surface area contributed by atoms with Gasteiger partial charge >= 0.3 is 6.18 Å². The molecule has 1 aromatic rings. The summed E-state index contributed by atoms with van der Waals surface area (Å²) in [6, 6.07) is 5.29. The second kappa shape index (κ2) is 6.17. The first-order valence-electron chi connectivity index (χ1n) is 6.64. The predicted octanol–water partition coefficient (Wildman–Crippen LogP) is 3.97. The smallest absolute Gasteiger partial charge is 0.359 e. The number of rotatable bonds is 4. The first kappa shape index (κ1) is 16.0. The van der Waals surface area contributed by atoms with Gasteiger partial charge in [-0.15, -0.1) is 0 Å². The average Bonchev–Trinajstić information content (AvgIpc) is 2.46. The van der Waals surface area contributed by atoms with E-state index in [1.165, 1.54) is 24.3 Å². The Morgan fingerprint density at radius 3 is 2.27 bits per heavy atom. The van der Waals surface area contributed by atoms with E-state index >= 15 is 0 Å². The molecule has 0 heterocycles. The summed E-state index contributed by atoms with van der Waals surface area (Å²) >= 11 is 0. The molecule has 0 aliphatic heterocycles. The summed E-state index contributed by atoms with van der Waals surface area (Å²) in [6.07, 6.45) is -3.26. The van der Waals surface area contributed by atoms with Gasteiger partial charge in [0.15, 0.2) is 0 Å². The lowest BCUT2D eigenvalue weighted by molar-refractivity contribution is -0.384. The van der Waals surface area contributed by atoms with Crippen LogP contribution in [0.3, 0.4) is 0 Å². The number of nitro benzene ring substituents is 1. The van der Waals surface area contributed by atoms with E-state index < -0.39 is 16.9 Å². The van der Waals surface area contributed by atoms with E-state index in [-0.39, 0.29) is 23.4 Å². The van der Waals surface area contributed by atoms with Gasteiger partial charge < -0.3 is 5.32 Å². The molecule has 0 spiro atoms. The Bertz CT molecular complexity index is 621. The van der Waals surface area contributed by atoms with Crippen LogP contribution in [0, 0.1) is 10.1 Å². The van der Waals surface area contributed by atoms with Gasteiger partial charge in [-0.3, -0.25) is 14.9 Å². The van der Waals surface area contributed by atoms with Gasteiger partial charge in [-0.25, -0.2) is 0 Å². The molecule has 0 aromatic heterocycles. The van der Waals surface area contributed by atoms with Crippen molar-refractivity contribution in [3.05, 3.63) is 45.6 Å². The number of halogens is 3. The van der Waals surface area contributed by atoms with Crippen molar-refractivity contribution in [2.24, 2.45) is 0 Å². The number of carbonyl (C=O) groups is 1. The Labute approximate surface area is 124 Å². The molecular formula is C14H13F3N2O3. The van der Waals surface area contributed by atoms with Crippen molar-refractivity contribution in [2.75, 3.05) is 5.32 Å². The second-order valence-electron chi connectivity index (χ2n) is 4.92. The van der Waals surface area contributed by atoms with E-state index in [1.807, 2.05) is 0 Å². The third kappa shape index (κ3) is 3.63. The largest absolute Gasteiger partial charge is 0.454 e. The number of carbonyl (C=O) groups excluding carboxylic acids is 1. The highest BCUT2D eigenvalue weighted by atomic mass is 19.4. The highest BCUT2D eigenvalue weighted by molar-refractivity contribution is 6.00. The maximum Gasteiger partial charge on any atom is 0.454 e. The van der Waals surface area contributed by atoms with Gasteiger partial charge in [-0.05, 0) is 37.8 Å². The van der Waals surface area contributed by atoms with Crippen LogP contribution in [0.25, 0.3) is 0 Å². The molecule has 1 N–H and O–H groups in total. The van der Waals surface area contributed by atoms with Gasteiger partial charge in [0.05, 0.1) is 4.92 Å². The number of Topliss-reactive ketones (excluding diaryl/α,β-unsaturated/α-hetero) is 1. The number of ketones is 1. The van der Waals surface area contributed by atoms with Crippen molar-refractivity contribution in [1.82, 2.24) is 0 Å². The molecule has 0 unspecified atom stereocenters. The average molecular weight is 314 g/mol. The third-order valence-corrected chi connectivity index (χ3v) is 3.37. The first-order valence-corrected chi connectivity index (χ1v) is 6.64. The molecule has 0 atom stereocenters. The zero-order valence-corrected chi connectivity index (χ0v) is 11.4. The molecule has 0 radical (unpaired) electrons. The molecular weight excluding hydrogens is 301 g/mol. The van der Waals surface area contributed by atoms with Gasteiger partial charge in [-0.1, -0.05) is 0 Å². The highest BCUT2D eigenvalue weighted by Gasteiger charge is 2.41. The summed E-state index contributed by atoms with van der Waals surface area (Å²) in [5.74, 6) is -1.82. The van der Waals surface area contributed by atoms with Crippen LogP contribution in [0.2, 0.25) is 0 Å². The minimum Gasteiger partial charge on any atom is -0.359 e. The molecule has 5 nitrogen and oxygen atoms in total. The van der Waals surface area contributed by atoms with E-state index in [4.69, 9.17) is 0 Å². The van der Waals surface area contributed by atoms with Crippen LogP contribution in [0.15, 0.2) is 35.5 Å². The van der Waals surface area contributed by atoms with Crippen LogP contribution in [0.1, 0.15) is 25.7 Å². The Balaban J connectivity index is 2.25. The van der Waals surface area contributed by atoms with Crippen LogP contribution >= 0.6 is 0 Å². The summed E-state index contributed by atoms with van der Waals surface area (Å²) in [5.41, 5.74) is 0.282. The van der Waals surface area contributed by atoms with Crippen molar-refractivity contribution in [1.29, 1.82) is 0 Å². The Hall–Kier alpha value is -2.38. The third-order valence-electron chi connectivity index (χ3n) is 3.37. The van der Waals surface area contributed by atoms with Crippen molar-refractivity contribution in [3.63, 3.8) is 0 Å². The van der Waals surface area contributed by atoms with Gasteiger partial charge in [0, 0.05) is 29.1 Å². The SMILES string of the molecule is O=C(C1=C(Nc2ccc([N+](=O)[O-])cc2)CCCC1)C(F)(F)F. The van der Waals surface area contributed by atoms with Gasteiger partial charge in [0.25, 0.3) is 11.5 Å². The number of nitrogens with zero attached hydrogens (tertiary/aromatic N) is 1. The molecule has 0 bridgehead atoms. The number of benzene rings is 1. The van der Waals surface area contributed by atoms with Crippen molar-refractivity contribution in [3.8, 4) is 0 Å². The molecule has 22 heavy (non-hydrogen) atoms. The van der Waals surface area contributed by atoms with Crippen LogP contribution in [0.5, 0.6) is 0 Å². The first-order chi connectivity index (χ1) is 10.3. The molecule has 1 aliphatic carbocycles. The zero-order valence-electron chi connectivity index (χ0n) is 11.4. The molecule has 0 fully saturated rings. The summed E-state index contributed by atoms with van der Waals surface area (Å²) in [5, 5.41) is 13.3. The van der Waals surface area contributed by atoms with E-state index in [0.717, 1.165) is 0 Å². The van der Waals surface area contributed by atoms with E-state index in [2.05, 4.69) is 5.32 Å². The Morgan fingerprint density at radius 2 is 1.73 bits per heavy atom. The van der Waals surface area contributed by atoms with Gasteiger partial charge in [0.2, 0.25) is 0 Å². The Kier molecular flexibility index (Phi) is 4.48. The monoisotopic (exact) mass is 314 g/mol. The second-order valence-corrected chi connectivity index (χ2v) is 4.92. The number of nitro groups is 1. The maximum atomic E-state index is 12.6. The molecule has 0 saturated carbocycles. The van der Waals surface area contributed by atoms with Crippen LogP contribution < -0.4 is 5.32 Å². The lowest BCUT2D eigenvalue weighted by Gasteiger charge is -2.21. The number of hydrogen-bond acceptors (Lipinski definition) is 4. The minimum atomic E-state index is -4.89. The topological polar surface area (TPSA) is 72.2 Å². The summed E-state index contributed by atoms with van der Waals surface area (Å²) < 4.78 is 37.8. The fourth-order valence-corrected chi connectivity index (χ4v) is 2.31. The number of hydrogen-bond donors (Lipinski definition) is 1. The maximum absolute atomic E-state index is 12.6. The fourth-order valence-electron chi connectivity index (χ4n) is 2.31. The van der Waals surface area contributed by atoms with Crippen LogP contribution in [0.4, 0.5) is 24.5 Å². The minimum absolute atomic E-state index is 0.0770. The predicted molar refractivity (Wildman–Crippen MR) is 73.3 cm³/mol. The lowest BCUT2D eigenvalue weighted by atomic mass is 9.93. The van der Waals surface area contributed by atoms with Gasteiger partial charge in [-0.2, -0.15) is 13.2 Å². The molecule has 118 valence electrons. The lowest BCUT2D eigenvalue weighted by Crippen LogP contribution is -2.28. The number of allylic oxidation sites excluding steroid dienone is 2. The molecule has 1 aliphatic rings. The van der Waals surface area contributed by atoms with E-state index in [1.54, 1.807) is 0 Å². The van der Waals surface area contributed by atoms with Crippen molar-refractivity contribution >= 4 is 17.2 Å². The van der Waals surface area contributed by atoms with Crippen molar-refractivity contribution in [2.45, 2.75) is 31.9 Å². The normalized spacial score (nSPS) is 15.6. The van der Waals surface area contributed by atoms with Crippen LogP contribution in [-0.4, -0.2) is 16.9 Å². The van der Waals surface area contributed by atoms with Crippen LogP contribution in [-0.2, 0) is 4.79 Å². The molecule has 8 heteroatoms. The highest BCUT2D eigenvalue weighted by Crippen LogP contribution is 2.32. The molecule has 2 rings (SSSR count). The summed E-state index contributed by atoms with van der Waals surface area (Å²) in [4.78, 5) is 21.4.